The molecule has 1 heterocycles. The van der Waals surface area contributed by atoms with Crippen LogP contribution < -0.4 is 15.4 Å². The van der Waals surface area contributed by atoms with Gasteiger partial charge in [-0.2, -0.15) is 0 Å². The molecule has 2 aromatic carbocycles. The van der Waals surface area contributed by atoms with Gasteiger partial charge in [-0.3, -0.25) is 9.59 Å². The number of carbonyl (C=O) groups is 2. The van der Waals surface area contributed by atoms with Crippen molar-refractivity contribution in [3.63, 3.8) is 0 Å². The molecule has 0 atom stereocenters. The molecule has 2 N–H and O–H groups in total. The van der Waals surface area contributed by atoms with Gasteiger partial charge in [0, 0.05) is 29.2 Å². The van der Waals surface area contributed by atoms with Crippen molar-refractivity contribution in [2.45, 2.75) is 20.5 Å². The summed E-state index contributed by atoms with van der Waals surface area (Å²) in [5.74, 6) is 0.801. The average Bonchev–Trinajstić information content (AvgIpc) is 3.07. The maximum Gasteiger partial charge on any atom is 0.251 e. The second-order valence-corrected chi connectivity index (χ2v) is 7.07. The van der Waals surface area contributed by atoms with Crippen LogP contribution in [0.4, 0.5) is 0 Å². The molecule has 0 saturated carbocycles. The molecule has 8 heteroatoms. The van der Waals surface area contributed by atoms with Gasteiger partial charge in [0.05, 0.1) is 11.3 Å². The zero-order valence-corrected chi connectivity index (χ0v) is 17.5. The van der Waals surface area contributed by atoms with E-state index >= 15 is 0 Å². The maximum atomic E-state index is 12.4. The highest BCUT2D eigenvalue weighted by molar-refractivity contribution is 6.30. The number of aromatic nitrogens is 1. The lowest BCUT2D eigenvalue weighted by atomic mass is 10.2. The number of benzene rings is 2. The highest BCUT2D eigenvalue weighted by Gasteiger charge is 2.11. The summed E-state index contributed by atoms with van der Waals surface area (Å²) in [6.07, 6.45) is 0. The number of nitrogens with one attached hydrogen (secondary N) is 2. The van der Waals surface area contributed by atoms with Crippen molar-refractivity contribution in [3.8, 4) is 5.75 Å². The van der Waals surface area contributed by atoms with Crippen molar-refractivity contribution in [3.05, 3.63) is 81.7 Å². The molecule has 0 fully saturated rings. The smallest absolute Gasteiger partial charge is 0.251 e. The molecular weight excluding hydrogens is 406 g/mol. The van der Waals surface area contributed by atoms with Gasteiger partial charge in [-0.15, -0.1) is 0 Å². The van der Waals surface area contributed by atoms with Gasteiger partial charge in [0.1, 0.15) is 18.1 Å². The normalized spacial score (nSPS) is 10.5. The third-order valence-electron chi connectivity index (χ3n) is 4.46. The minimum atomic E-state index is -0.251. The Morgan fingerprint density at radius 1 is 1.00 bits per heavy atom. The van der Waals surface area contributed by atoms with Crippen molar-refractivity contribution in [2.75, 3.05) is 13.1 Å². The van der Waals surface area contributed by atoms with Crippen molar-refractivity contribution in [1.29, 1.82) is 0 Å². The Hall–Kier alpha value is -3.32. The predicted molar refractivity (Wildman–Crippen MR) is 113 cm³/mol. The zero-order chi connectivity index (χ0) is 21.5. The summed E-state index contributed by atoms with van der Waals surface area (Å²) in [6.45, 7) is 4.58. The van der Waals surface area contributed by atoms with E-state index in [4.69, 9.17) is 20.9 Å². The molecule has 3 aromatic rings. The number of aryl methyl sites for hydroxylation is 2. The van der Waals surface area contributed by atoms with Gasteiger partial charge in [0.15, 0.2) is 0 Å². The number of hydrogen-bond acceptors (Lipinski definition) is 5. The molecular formula is C22H22ClN3O4. The van der Waals surface area contributed by atoms with Gasteiger partial charge in [0.2, 0.25) is 0 Å². The number of hydrogen-bond donors (Lipinski definition) is 2. The van der Waals surface area contributed by atoms with Crippen LogP contribution in [-0.4, -0.2) is 30.1 Å². The standard InChI is InChI=1S/C22H22ClN3O4/c1-14-20(15(2)30-26-14)13-29-19-5-3-4-17(12-19)22(28)25-11-10-24-21(27)16-6-8-18(23)9-7-16/h3-9,12H,10-11,13H2,1-2H3,(H,24,27)(H,25,28). The Bertz CT molecular complexity index is 1010. The number of ether oxygens (including phenoxy) is 1. The molecule has 0 aliphatic carbocycles. The lowest BCUT2D eigenvalue weighted by Crippen LogP contribution is -2.34. The fraction of sp³-hybridized carbons (Fsp3) is 0.227. The molecule has 0 saturated heterocycles. The molecule has 156 valence electrons. The van der Waals surface area contributed by atoms with Crippen molar-refractivity contribution in [2.24, 2.45) is 0 Å². The predicted octanol–water partition coefficient (Wildman–Crippen LogP) is 3.68. The molecule has 3 rings (SSSR count). The topological polar surface area (TPSA) is 93.5 Å². The average molecular weight is 428 g/mol. The first-order valence-electron chi connectivity index (χ1n) is 9.40. The molecule has 0 aliphatic rings. The first-order chi connectivity index (χ1) is 14.4. The van der Waals surface area contributed by atoms with Gasteiger partial charge in [-0.25, -0.2) is 0 Å². The van der Waals surface area contributed by atoms with Crippen molar-refractivity contribution >= 4 is 23.4 Å². The molecule has 1 aromatic heterocycles. The Morgan fingerprint density at radius 3 is 2.30 bits per heavy atom. The number of nitrogens with zero attached hydrogens (tertiary/aromatic N) is 1. The summed E-state index contributed by atoms with van der Waals surface area (Å²) < 4.78 is 10.9. The third kappa shape index (κ3) is 5.61. The summed E-state index contributed by atoms with van der Waals surface area (Å²) in [5.41, 5.74) is 2.65. The van der Waals surface area contributed by atoms with E-state index in [1.165, 1.54) is 0 Å². The van der Waals surface area contributed by atoms with E-state index in [0.717, 1.165) is 11.3 Å². The first-order valence-corrected chi connectivity index (χ1v) is 9.78. The van der Waals surface area contributed by atoms with E-state index in [2.05, 4.69) is 15.8 Å². The van der Waals surface area contributed by atoms with Gasteiger partial charge < -0.3 is 19.9 Å². The molecule has 2 amide bonds. The Balaban J connectivity index is 1.46. The summed E-state index contributed by atoms with van der Waals surface area (Å²) in [5, 5.41) is 9.98. The fourth-order valence-corrected chi connectivity index (χ4v) is 2.87. The number of amides is 2. The van der Waals surface area contributed by atoms with Crippen LogP contribution in [0, 0.1) is 13.8 Å². The molecule has 0 bridgehead atoms. The maximum absolute atomic E-state index is 12.4. The first kappa shape index (κ1) is 21.4. The van der Waals surface area contributed by atoms with Crippen LogP contribution in [-0.2, 0) is 6.61 Å². The van der Waals surface area contributed by atoms with Crippen LogP contribution in [0.25, 0.3) is 0 Å². The van der Waals surface area contributed by atoms with Crippen LogP contribution in [0.5, 0.6) is 5.75 Å². The molecule has 0 spiro atoms. The van der Waals surface area contributed by atoms with Crippen LogP contribution in [0.3, 0.4) is 0 Å². The second kappa shape index (κ2) is 9.93. The zero-order valence-electron chi connectivity index (χ0n) is 16.7. The SMILES string of the molecule is Cc1noc(C)c1COc1cccc(C(=O)NCCNC(=O)c2ccc(Cl)cc2)c1. The minimum Gasteiger partial charge on any atom is -0.489 e. The van der Waals surface area contributed by atoms with Gasteiger partial charge >= 0.3 is 0 Å². The second-order valence-electron chi connectivity index (χ2n) is 6.64. The van der Waals surface area contributed by atoms with E-state index < -0.39 is 0 Å². The van der Waals surface area contributed by atoms with E-state index in [0.29, 0.717) is 47.4 Å². The van der Waals surface area contributed by atoms with E-state index in [-0.39, 0.29) is 11.8 Å². The van der Waals surface area contributed by atoms with E-state index in [9.17, 15) is 9.59 Å². The minimum absolute atomic E-state index is 0.226. The highest BCUT2D eigenvalue weighted by Crippen LogP contribution is 2.18. The molecule has 7 nitrogen and oxygen atoms in total. The van der Waals surface area contributed by atoms with Crippen molar-refractivity contribution < 1.29 is 18.8 Å². The quantitative estimate of drug-likeness (QED) is 0.535. The molecule has 0 radical (unpaired) electrons. The summed E-state index contributed by atoms with van der Waals surface area (Å²) in [4.78, 5) is 24.4. The number of rotatable bonds is 8. The number of halogens is 1. The summed E-state index contributed by atoms with van der Waals surface area (Å²) in [6, 6.07) is 13.5. The Kier molecular flexibility index (Phi) is 7.08. The van der Waals surface area contributed by atoms with Gasteiger partial charge in [-0.05, 0) is 56.3 Å². The monoisotopic (exact) mass is 427 g/mol. The summed E-state index contributed by atoms with van der Waals surface area (Å²) in [7, 11) is 0. The van der Waals surface area contributed by atoms with E-state index in [1.807, 2.05) is 13.8 Å². The lowest BCUT2D eigenvalue weighted by molar-refractivity contribution is 0.0927. The molecule has 0 unspecified atom stereocenters. The molecule has 0 aliphatic heterocycles. The lowest BCUT2D eigenvalue weighted by Gasteiger charge is -2.09. The Labute approximate surface area is 179 Å². The third-order valence-corrected chi connectivity index (χ3v) is 4.72. The summed E-state index contributed by atoms with van der Waals surface area (Å²) >= 11 is 5.81. The van der Waals surface area contributed by atoms with Gasteiger partial charge in [-0.1, -0.05) is 22.8 Å². The fourth-order valence-electron chi connectivity index (χ4n) is 2.75. The van der Waals surface area contributed by atoms with Crippen LogP contribution in [0.1, 0.15) is 37.7 Å². The van der Waals surface area contributed by atoms with Gasteiger partial charge in [0.25, 0.3) is 11.8 Å². The van der Waals surface area contributed by atoms with Crippen LogP contribution in [0.15, 0.2) is 53.1 Å². The number of carbonyl (C=O) groups excluding carboxylic acids is 2. The molecule has 30 heavy (non-hydrogen) atoms. The van der Waals surface area contributed by atoms with E-state index in [1.54, 1.807) is 48.5 Å². The van der Waals surface area contributed by atoms with Crippen LogP contribution >= 0.6 is 11.6 Å². The highest BCUT2D eigenvalue weighted by atomic mass is 35.5. The van der Waals surface area contributed by atoms with Crippen molar-refractivity contribution in [1.82, 2.24) is 15.8 Å². The largest absolute Gasteiger partial charge is 0.489 e. The Morgan fingerprint density at radius 2 is 1.67 bits per heavy atom. The van der Waals surface area contributed by atoms with Crippen LogP contribution in [0.2, 0.25) is 5.02 Å².